The Morgan fingerprint density at radius 2 is 1.60 bits per heavy atom. The van der Waals surface area contributed by atoms with Crippen molar-refractivity contribution in [3.63, 3.8) is 0 Å². The summed E-state index contributed by atoms with van der Waals surface area (Å²) in [7, 11) is 0. The molecule has 0 atom stereocenters. The second-order valence-electron chi connectivity index (χ2n) is 7.51. The Bertz CT molecular complexity index is 940. The van der Waals surface area contributed by atoms with E-state index in [0.717, 1.165) is 62.3 Å². The van der Waals surface area contributed by atoms with Gasteiger partial charge in [-0.05, 0) is 36.8 Å². The van der Waals surface area contributed by atoms with Gasteiger partial charge >= 0.3 is 5.97 Å². The Labute approximate surface area is 173 Å². The molecule has 0 unspecified atom stereocenters. The van der Waals surface area contributed by atoms with Crippen LogP contribution in [0.3, 0.4) is 0 Å². The lowest BCUT2D eigenvalue weighted by atomic mass is 9.81. The van der Waals surface area contributed by atoms with Gasteiger partial charge in [-0.15, -0.1) is 0 Å². The number of nitrogens with zero attached hydrogens (tertiary/aromatic N) is 1. The minimum Gasteiger partial charge on any atom is -0.493 e. The molecule has 2 aromatic carbocycles. The Morgan fingerprint density at radius 3 is 2.17 bits per heavy atom. The van der Waals surface area contributed by atoms with Gasteiger partial charge in [-0.3, -0.25) is 0 Å². The van der Waals surface area contributed by atoms with Crippen LogP contribution in [0.15, 0.2) is 30.3 Å². The predicted molar refractivity (Wildman–Crippen MR) is 104 cm³/mol. The molecule has 0 amide bonds. The first kappa shape index (κ1) is 21.7. The van der Waals surface area contributed by atoms with Crippen molar-refractivity contribution >= 4 is 5.97 Å². The minimum absolute atomic E-state index is 0.00332. The van der Waals surface area contributed by atoms with Crippen LogP contribution in [0.4, 0.5) is 13.2 Å². The third-order valence-electron chi connectivity index (χ3n) is 5.52. The summed E-state index contributed by atoms with van der Waals surface area (Å²) >= 11 is 0. The lowest BCUT2D eigenvalue weighted by Crippen LogP contribution is -2.20. The van der Waals surface area contributed by atoms with E-state index in [9.17, 15) is 18.0 Å². The molecule has 0 spiro atoms. The zero-order chi connectivity index (χ0) is 21.7. The van der Waals surface area contributed by atoms with Crippen molar-refractivity contribution in [2.75, 3.05) is 6.61 Å². The van der Waals surface area contributed by atoms with E-state index >= 15 is 0 Å². The maximum absolute atomic E-state index is 14.4. The molecule has 0 radical (unpaired) electrons. The van der Waals surface area contributed by atoms with Gasteiger partial charge in [-0.1, -0.05) is 26.2 Å². The van der Waals surface area contributed by atoms with Crippen LogP contribution in [0.25, 0.3) is 0 Å². The molecule has 0 aromatic heterocycles. The minimum atomic E-state index is -1.31. The highest BCUT2D eigenvalue weighted by Crippen LogP contribution is 2.31. The molecule has 1 fully saturated rings. The lowest BCUT2D eigenvalue weighted by Gasteiger charge is -2.27. The number of carbonyl (C=O) groups is 1. The zero-order valence-corrected chi connectivity index (χ0v) is 16.6. The predicted octanol–water partition coefficient (Wildman–Crippen LogP) is 5.79. The van der Waals surface area contributed by atoms with Crippen molar-refractivity contribution in [2.24, 2.45) is 11.8 Å². The first-order valence-electron chi connectivity index (χ1n) is 9.95. The van der Waals surface area contributed by atoms with Crippen LogP contribution < -0.4 is 9.47 Å². The average Bonchev–Trinajstić information content (AvgIpc) is 2.72. The monoisotopic (exact) mass is 417 g/mol. The second-order valence-corrected chi connectivity index (χ2v) is 7.51. The number of hydrogen-bond acceptors (Lipinski definition) is 4. The van der Waals surface area contributed by atoms with Gasteiger partial charge in [0.15, 0.2) is 0 Å². The maximum atomic E-state index is 14.4. The van der Waals surface area contributed by atoms with Gasteiger partial charge in [0.05, 0.1) is 12.2 Å². The summed E-state index contributed by atoms with van der Waals surface area (Å²) < 4.78 is 52.8. The topological polar surface area (TPSA) is 59.3 Å². The van der Waals surface area contributed by atoms with Crippen molar-refractivity contribution in [3.05, 3.63) is 58.9 Å². The molecule has 7 heteroatoms. The molecule has 3 rings (SSSR count). The molecule has 0 heterocycles. The highest BCUT2D eigenvalue weighted by molar-refractivity contribution is 5.91. The third-order valence-corrected chi connectivity index (χ3v) is 5.52. The number of benzene rings is 2. The standard InChI is InChI=1S/C23H22F3NO3/c1-2-14-3-5-15(6-4-14)13-29-18-10-20(25)22(21(26)11-18)23(28)30-17-8-7-16(12-27)19(24)9-17/h7-11,14-15H,2-6,13H2,1H3/t14-,15-. The fourth-order valence-electron chi connectivity index (χ4n) is 3.66. The van der Waals surface area contributed by atoms with E-state index in [1.807, 2.05) is 0 Å². The van der Waals surface area contributed by atoms with E-state index < -0.39 is 29.0 Å². The molecule has 4 nitrogen and oxygen atoms in total. The zero-order valence-electron chi connectivity index (χ0n) is 16.6. The number of carbonyl (C=O) groups excluding carboxylic acids is 1. The second kappa shape index (κ2) is 9.66. The van der Waals surface area contributed by atoms with Gasteiger partial charge in [-0.2, -0.15) is 5.26 Å². The smallest absolute Gasteiger partial charge is 0.349 e. The van der Waals surface area contributed by atoms with Gasteiger partial charge in [0.1, 0.15) is 40.6 Å². The first-order valence-corrected chi connectivity index (χ1v) is 9.95. The van der Waals surface area contributed by atoms with Crippen LogP contribution in [0, 0.1) is 40.6 Å². The summed E-state index contributed by atoms with van der Waals surface area (Å²) in [5.41, 5.74) is -1.13. The highest BCUT2D eigenvalue weighted by atomic mass is 19.1. The van der Waals surface area contributed by atoms with Crippen molar-refractivity contribution < 1.29 is 27.4 Å². The van der Waals surface area contributed by atoms with E-state index in [-0.39, 0.29) is 17.1 Å². The summed E-state index contributed by atoms with van der Waals surface area (Å²) in [4.78, 5) is 12.2. The molecule has 0 N–H and O–H groups in total. The van der Waals surface area contributed by atoms with Gasteiger partial charge in [0.2, 0.25) is 0 Å². The number of rotatable bonds is 6. The van der Waals surface area contributed by atoms with E-state index in [2.05, 4.69) is 6.92 Å². The van der Waals surface area contributed by atoms with Gasteiger partial charge in [0, 0.05) is 18.2 Å². The maximum Gasteiger partial charge on any atom is 0.349 e. The molecule has 1 aliphatic rings. The lowest BCUT2D eigenvalue weighted by molar-refractivity contribution is 0.0724. The third kappa shape index (κ3) is 5.12. The quantitative estimate of drug-likeness (QED) is 0.441. The van der Waals surface area contributed by atoms with Crippen molar-refractivity contribution in [3.8, 4) is 17.6 Å². The van der Waals surface area contributed by atoms with E-state index in [1.165, 1.54) is 6.07 Å². The highest BCUT2D eigenvalue weighted by Gasteiger charge is 2.23. The molecule has 0 saturated heterocycles. The van der Waals surface area contributed by atoms with Crippen LogP contribution in [0.1, 0.15) is 54.9 Å². The fraction of sp³-hybridized carbons (Fsp3) is 0.391. The summed E-state index contributed by atoms with van der Waals surface area (Å²) in [5.74, 6) is -3.64. The molecule has 30 heavy (non-hydrogen) atoms. The Morgan fingerprint density at radius 1 is 1.00 bits per heavy atom. The molecule has 158 valence electrons. The number of esters is 1. The Kier molecular flexibility index (Phi) is 6.99. The molecular weight excluding hydrogens is 395 g/mol. The van der Waals surface area contributed by atoms with E-state index in [1.54, 1.807) is 6.07 Å². The summed E-state index contributed by atoms with van der Waals surface area (Å²) in [6, 6.07) is 6.58. The van der Waals surface area contributed by atoms with Crippen molar-refractivity contribution in [1.29, 1.82) is 5.26 Å². The van der Waals surface area contributed by atoms with Crippen LogP contribution in [-0.2, 0) is 0 Å². The van der Waals surface area contributed by atoms with Crippen LogP contribution in [-0.4, -0.2) is 12.6 Å². The first-order chi connectivity index (χ1) is 14.4. The fourth-order valence-corrected chi connectivity index (χ4v) is 3.66. The van der Waals surface area contributed by atoms with Crippen LogP contribution in [0.2, 0.25) is 0 Å². The molecule has 0 aliphatic heterocycles. The summed E-state index contributed by atoms with van der Waals surface area (Å²) in [6.45, 7) is 2.54. The van der Waals surface area contributed by atoms with Crippen molar-refractivity contribution in [2.45, 2.75) is 39.0 Å². The number of halogens is 3. The largest absolute Gasteiger partial charge is 0.493 e. The Balaban J connectivity index is 1.65. The normalized spacial score (nSPS) is 18.5. The molecule has 0 bridgehead atoms. The van der Waals surface area contributed by atoms with Gasteiger partial charge < -0.3 is 9.47 Å². The molecule has 1 aliphatic carbocycles. The molecular formula is C23H22F3NO3. The summed E-state index contributed by atoms with van der Waals surface area (Å²) in [6.07, 6.45) is 5.47. The number of nitriles is 1. The molecule has 1 saturated carbocycles. The SMILES string of the molecule is CC[C@H]1CC[C@H](COc2cc(F)c(C(=O)Oc3ccc(C#N)c(F)c3)c(F)c2)CC1. The summed E-state index contributed by atoms with van der Waals surface area (Å²) in [5, 5.41) is 8.71. The van der Waals surface area contributed by atoms with Crippen LogP contribution in [0.5, 0.6) is 11.5 Å². The Hall–Kier alpha value is -3.01. The number of ether oxygens (including phenoxy) is 2. The van der Waals surface area contributed by atoms with Gasteiger partial charge in [-0.25, -0.2) is 18.0 Å². The van der Waals surface area contributed by atoms with E-state index in [4.69, 9.17) is 14.7 Å². The van der Waals surface area contributed by atoms with Gasteiger partial charge in [0.25, 0.3) is 0 Å². The van der Waals surface area contributed by atoms with E-state index in [0.29, 0.717) is 12.5 Å². The van der Waals surface area contributed by atoms with Crippen LogP contribution >= 0.6 is 0 Å². The molecule has 2 aromatic rings. The number of hydrogen-bond donors (Lipinski definition) is 0. The van der Waals surface area contributed by atoms with Crippen molar-refractivity contribution in [1.82, 2.24) is 0 Å². The average molecular weight is 417 g/mol.